The number of rotatable bonds is 6. The minimum atomic E-state index is -0.132. The molecule has 6 heteroatoms. The van der Waals surface area contributed by atoms with Crippen molar-refractivity contribution in [1.82, 2.24) is 15.5 Å². The van der Waals surface area contributed by atoms with Crippen LogP contribution in [-0.2, 0) is 24.4 Å². The van der Waals surface area contributed by atoms with Crippen molar-refractivity contribution in [3.05, 3.63) is 57.3 Å². The van der Waals surface area contributed by atoms with Gasteiger partial charge >= 0.3 is 6.03 Å². The molecule has 0 saturated carbocycles. The lowest BCUT2D eigenvalue weighted by atomic mass is 10.1. The van der Waals surface area contributed by atoms with E-state index in [1.807, 2.05) is 6.07 Å². The third kappa shape index (κ3) is 5.56. The normalized spacial score (nSPS) is 15.1. The Balaban J connectivity index is 1.49. The number of nitrogens with zero attached hydrogens (tertiary/aromatic N) is 1. The molecular formula is C19H25N3O2S. The molecule has 1 saturated heterocycles. The van der Waals surface area contributed by atoms with Crippen LogP contribution in [0.1, 0.15) is 20.9 Å². The number of thiophene rings is 1. The van der Waals surface area contributed by atoms with Gasteiger partial charge in [-0.05, 0) is 30.2 Å². The molecule has 2 heterocycles. The molecule has 2 amide bonds. The fourth-order valence-electron chi connectivity index (χ4n) is 2.87. The molecule has 25 heavy (non-hydrogen) atoms. The summed E-state index contributed by atoms with van der Waals surface area (Å²) < 4.78 is 5.41. The van der Waals surface area contributed by atoms with Gasteiger partial charge in [-0.1, -0.05) is 24.3 Å². The Kier molecular flexibility index (Phi) is 6.44. The summed E-state index contributed by atoms with van der Waals surface area (Å²) in [5, 5.41) is 5.88. The van der Waals surface area contributed by atoms with Crippen LogP contribution in [0.15, 0.2) is 36.4 Å². The number of amides is 2. The second kappa shape index (κ2) is 8.99. The van der Waals surface area contributed by atoms with Crippen molar-refractivity contribution in [2.75, 3.05) is 26.3 Å². The average molecular weight is 359 g/mol. The molecule has 1 aromatic carbocycles. The number of aryl methyl sites for hydroxylation is 1. The van der Waals surface area contributed by atoms with Crippen molar-refractivity contribution in [3.8, 4) is 0 Å². The Morgan fingerprint density at radius 2 is 1.80 bits per heavy atom. The van der Waals surface area contributed by atoms with E-state index in [9.17, 15) is 4.79 Å². The van der Waals surface area contributed by atoms with Crippen molar-refractivity contribution >= 4 is 17.4 Å². The van der Waals surface area contributed by atoms with E-state index < -0.39 is 0 Å². The number of ether oxygens (including phenoxy) is 1. The van der Waals surface area contributed by atoms with Crippen molar-refractivity contribution in [3.63, 3.8) is 0 Å². The van der Waals surface area contributed by atoms with Gasteiger partial charge < -0.3 is 15.4 Å². The Morgan fingerprint density at radius 1 is 1.08 bits per heavy atom. The largest absolute Gasteiger partial charge is 0.379 e. The van der Waals surface area contributed by atoms with E-state index in [-0.39, 0.29) is 6.03 Å². The molecule has 2 aromatic rings. The lowest BCUT2D eigenvalue weighted by molar-refractivity contribution is 0.0341. The van der Waals surface area contributed by atoms with Crippen LogP contribution >= 0.6 is 11.3 Å². The van der Waals surface area contributed by atoms with Gasteiger partial charge in [-0.15, -0.1) is 11.3 Å². The first-order chi connectivity index (χ1) is 12.2. The van der Waals surface area contributed by atoms with E-state index in [4.69, 9.17) is 4.74 Å². The number of hydrogen-bond donors (Lipinski definition) is 2. The van der Waals surface area contributed by atoms with Crippen molar-refractivity contribution in [1.29, 1.82) is 0 Å². The second-order valence-electron chi connectivity index (χ2n) is 6.21. The lowest BCUT2D eigenvalue weighted by Gasteiger charge is -2.27. The maximum Gasteiger partial charge on any atom is 0.315 e. The van der Waals surface area contributed by atoms with Crippen LogP contribution < -0.4 is 10.6 Å². The molecule has 2 N–H and O–H groups in total. The quantitative estimate of drug-likeness (QED) is 0.834. The van der Waals surface area contributed by atoms with E-state index in [2.05, 4.69) is 52.8 Å². The first kappa shape index (κ1) is 17.9. The van der Waals surface area contributed by atoms with E-state index in [1.54, 1.807) is 11.3 Å². The monoisotopic (exact) mass is 359 g/mol. The number of carbonyl (C=O) groups excluding carboxylic acids is 1. The summed E-state index contributed by atoms with van der Waals surface area (Å²) in [6.07, 6.45) is 0. The molecule has 0 atom stereocenters. The summed E-state index contributed by atoms with van der Waals surface area (Å²) in [4.78, 5) is 16.9. The Hall–Kier alpha value is -1.89. The van der Waals surface area contributed by atoms with Crippen LogP contribution in [0.2, 0.25) is 0 Å². The topological polar surface area (TPSA) is 53.6 Å². The maximum atomic E-state index is 12.1. The van der Waals surface area contributed by atoms with Gasteiger partial charge in [0.2, 0.25) is 0 Å². The summed E-state index contributed by atoms with van der Waals surface area (Å²) in [5.41, 5.74) is 2.43. The molecule has 0 unspecified atom stereocenters. The van der Waals surface area contributed by atoms with Crippen molar-refractivity contribution in [2.24, 2.45) is 0 Å². The highest BCUT2D eigenvalue weighted by Crippen LogP contribution is 2.15. The summed E-state index contributed by atoms with van der Waals surface area (Å²) in [5.74, 6) is 0. The maximum absolute atomic E-state index is 12.1. The van der Waals surface area contributed by atoms with E-state index in [1.165, 1.54) is 15.3 Å². The smallest absolute Gasteiger partial charge is 0.315 e. The van der Waals surface area contributed by atoms with Gasteiger partial charge in [0.1, 0.15) is 0 Å². The molecule has 0 aliphatic carbocycles. The van der Waals surface area contributed by atoms with Crippen LogP contribution in [0, 0.1) is 6.92 Å². The lowest BCUT2D eigenvalue weighted by Crippen LogP contribution is -2.37. The van der Waals surface area contributed by atoms with Gasteiger partial charge in [-0.3, -0.25) is 4.90 Å². The molecule has 0 bridgehead atoms. The SMILES string of the molecule is Cc1ccc(CNC(=O)NCc2ccccc2CN2CCOCC2)s1. The predicted octanol–water partition coefficient (Wildman–Crippen LogP) is 2.89. The molecule has 5 nitrogen and oxygen atoms in total. The van der Waals surface area contributed by atoms with Gasteiger partial charge in [0, 0.05) is 35.9 Å². The Bertz CT molecular complexity index is 695. The van der Waals surface area contributed by atoms with Gasteiger partial charge in [0.15, 0.2) is 0 Å². The van der Waals surface area contributed by atoms with Gasteiger partial charge in [-0.2, -0.15) is 0 Å². The summed E-state index contributed by atoms with van der Waals surface area (Å²) in [7, 11) is 0. The van der Waals surface area contributed by atoms with E-state index in [0.29, 0.717) is 13.1 Å². The number of nitrogens with one attached hydrogen (secondary N) is 2. The highest BCUT2D eigenvalue weighted by molar-refractivity contribution is 7.11. The number of hydrogen-bond acceptors (Lipinski definition) is 4. The average Bonchev–Trinajstić information content (AvgIpc) is 3.05. The fraction of sp³-hybridized carbons (Fsp3) is 0.421. The van der Waals surface area contributed by atoms with Gasteiger partial charge in [0.05, 0.1) is 19.8 Å². The molecule has 1 aromatic heterocycles. The van der Waals surface area contributed by atoms with Crippen LogP contribution in [0.5, 0.6) is 0 Å². The van der Waals surface area contributed by atoms with E-state index in [0.717, 1.165) is 38.4 Å². The van der Waals surface area contributed by atoms with Gasteiger partial charge in [-0.25, -0.2) is 4.79 Å². The van der Waals surface area contributed by atoms with Crippen LogP contribution in [0.25, 0.3) is 0 Å². The molecule has 134 valence electrons. The Morgan fingerprint density at radius 3 is 2.52 bits per heavy atom. The second-order valence-corrected chi connectivity index (χ2v) is 7.58. The van der Waals surface area contributed by atoms with E-state index >= 15 is 0 Å². The molecule has 0 radical (unpaired) electrons. The number of urea groups is 1. The van der Waals surface area contributed by atoms with Crippen LogP contribution in [0.3, 0.4) is 0 Å². The van der Waals surface area contributed by atoms with Crippen LogP contribution in [0.4, 0.5) is 4.79 Å². The standard InChI is InChI=1S/C19H25N3O2S/c1-15-6-7-18(25-15)13-21-19(23)20-12-16-4-2-3-5-17(16)14-22-8-10-24-11-9-22/h2-7H,8-14H2,1H3,(H2,20,21,23). The minimum Gasteiger partial charge on any atom is -0.379 e. The van der Waals surface area contributed by atoms with Crippen molar-refractivity contribution in [2.45, 2.75) is 26.6 Å². The molecule has 1 aliphatic heterocycles. The van der Waals surface area contributed by atoms with Crippen molar-refractivity contribution < 1.29 is 9.53 Å². The molecule has 3 rings (SSSR count). The predicted molar refractivity (Wildman–Crippen MR) is 101 cm³/mol. The number of benzene rings is 1. The summed E-state index contributed by atoms with van der Waals surface area (Å²) in [6, 6.07) is 12.3. The first-order valence-electron chi connectivity index (χ1n) is 8.64. The van der Waals surface area contributed by atoms with Crippen LogP contribution in [-0.4, -0.2) is 37.2 Å². The molecular weight excluding hydrogens is 334 g/mol. The van der Waals surface area contributed by atoms with Gasteiger partial charge in [0.25, 0.3) is 0 Å². The third-order valence-electron chi connectivity index (χ3n) is 4.27. The highest BCUT2D eigenvalue weighted by Gasteiger charge is 2.13. The Labute approximate surface area is 153 Å². The molecule has 1 fully saturated rings. The first-order valence-corrected chi connectivity index (χ1v) is 9.46. The zero-order chi connectivity index (χ0) is 17.5. The highest BCUT2D eigenvalue weighted by atomic mass is 32.1. The minimum absolute atomic E-state index is 0.132. The zero-order valence-electron chi connectivity index (χ0n) is 14.6. The number of carbonyl (C=O) groups is 1. The molecule has 1 aliphatic rings. The third-order valence-corrected chi connectivity index (χ3v) is 5.28. The fourth-order valence-corrected chi connectivity index (χ4v) is 3.70. The molecule has 0 spiro atoms. The summed E-state index contributed by atoms with van der Waals surface area (Å²) in [6.45, 7) is 7.59. The summed E-state index contributed by atoms with van der Waals surface area (Å²) >= 11 is 1.71. The zero-order valence-corrected chi connectivity index (χ0v) is 15.4. The number of morpholine rings is 1.